The number of rotatable bonds is 6. The quantitative estimate of drug-likeness (QED) is 0.350. The number of halogens is 5. The van der Waals surface area contributed by atoms with Gasteiger partial charge in [-0.25, -0.2) is 17.2 Å². The van der Waals surface area contributed by atoms with E-state index in [9.17, 15) is 35.2 Å². The molecular weight excluding hydrogens is 533 g/mol. The summed E-state index contributed by atoms with van der Waals surface area (Å²) >= 11 is 0. The van der Waals surface area contributed by atoms with Crippen LogP contribution in [0.1, 0.15) is 32.3 Å². The first-order chi connectivity index (χ1) is 17.9. The van der Waals surface area contributed by atoms with E-state index in [4.69, 9.17) is 9.84 Å². The third kappa shape index (κ3) is 6.24. The van der Waals surface area contributed by atoms with Crippen molar-refractivity contribution in [2.24, 2.45) is 0 Å². The van der Waals surface area contributed by atoms with Crippen molar-refractivity contribution in [3.8, 4) is 16.9 Å². The number of carboxylic acids is 1. The summed E-state index contributed by atoms with van der Waals surface area (Å²) in [6.45, 7) is 3.59. The van der Waals surface area contributed by atoms with E-state index in [1.807, 2.05) is 13.8 Å². The summed E-state index contributed by atoms with van der Waals surface area (Å²) in [6, 6.07) is 9.83. The van der Waals surface area contributed by atoms with Crippen molar-refractivity contribution in [1.29, 1.82) is 0 Å². The van der Waals surface area contributed by atoms with Gasteiger partial charge in [-0.2, -0.15) is 13.2 Å². The summed E-state index contributed by atoms with van der Waals surface area (Å²) in [6.07, 6.45) is -6.14. The third-order valence-electron chi connectivity index (χ3n) is 5.56. The molecule has 6 nitrogen and oxygen atoms in total. The van der Waals surface area contributed by atoms with Crippen LogP contribution in [0.3, 0.4) is 0 Å². The molecule has 204 valence electrons. The zero-order valence-corrected chi connectivity index (χ0v) is 21.1. The highest BCUT2D eigenvalue weighted by Crippen LogP contribution is 2.41. The number of aliphatic carboxylic acids is 1. The summed E-state index contributed by atoms with van der Waals surface area (Å²) in [7, 11) is -4.61. The number of fused-ring (bicyclic) bond motifs is 1. The SMILES string of the molecule is CC.O=C(O)CCC1CN(S(=O)(=O)c2cccc(C(F)(F)F)c2)c2cc(-c3cc(F)ccc3F)ccc2O1. The number of nitrogens with zero attached hydrogens (tertiary/aromatic N) is 1. The first-order valence-electron chi connectivity index (χ1n) is 11.5. The van der Waals surface area contributed by atoms with E-state index in [2.05, 4.69) is 0 Å². The lowest BCUT2D eigenvalue weighted by Gasteiger charge is -2.36. The highest BCUT2D eigenvalue weighted by molar-refractivity contribution is 7.92. The third-order valence-corrected chi connectivity index (χ3v) is 7.34. The van der Waals surface area contributed by atoms with E-state index in [0.29, 0.717) is 6.07 Å². The predicted molar refractivity (Wildman–Crippen MR) is 130 cm³/mol. The van der Waals surface area contributed by atoms with Crippen LogP contribution in [0.25, 0.3) is 11.1 Å². The molecule has 38 heavy (non-hydrogen) atoms. The molecule has 1 aliphatic rings. The highest BCUT2D eigenvalue weighted by atomic mass is 32.2. The van der Waals surface area contributed by atoms with Gasteiger partial charge in [-0.05, 0) is 60.5 Å². The van der Waals surface area contributed by atoms with Crippen molar-refractivity contribution in [2.45, 2.75) is 43.9 Å². The molecule has 0 aliphatic carbocycles. The topological polar surface area (TPSA) is 83.9 Å². The van der Waals surface area contributed by atoms with Gasteiger partial charge < -0.3 is 9.84 Å². The zero-order valence-electron chi connectivity index (χ0n) is 20.3. The van der Waals surface area contributed by atoms with Crippen LogP contribution in [0.4, 0.5) is 27.6 Å². The Morgan fingerprint density at radius 1 is 1.05 bits per heavy atom. The number of alkyl halides is 3. The van der Waals surface area contributed by atoms with Gasteiger partial charge in [0.15, 0.2) is 0 Å². The fraction of sp³-hybridized carbons (Fsp3) is 0.269. The van der Waals surface area contributed by atoms with E-state index in [1.165, 1.54) is 18.2 Å². The lowest BCUT2D eigenvalue weighted by molar-refractivity contribution is -0.138. The normalized spacial score (nSPS) is 15.1. The largest absolute Gasteiger partial charge is 0.486 e. The van der Waals surface area contributed by atoms with Crippen molar-refractivity contribution in [1.82, 2.24) is 0 Å². The molecule has 4 rings (SSSR count). The molecule has 0 radical (unpaired) electrons. The lowest BCUT2D eigenvalue weighted by atomic mass is 10.0. The number of hydrogen-bond donors (Lipinski definition) is 1. The Morgan fingerprint density at radius 2 is 1.76 bits per heavy atom. The second kappa shape index (κ2) is 11.4. The maximum Gasteiger partial charge on any atom is 0.416 e. The lowest BCUT2D eigenvalue weighted by Crippen LogP contribution is -2.43. The van der Waals surface area contributed by atoms with Gasteiger partial charge in [0.05, 0.1) is 22.7 Å². The number of benzene rings is 3. The fourth-order valence-electron chi connectivity index (χ4n) is 3.82. The van der Waals surface area contributed by atoms with Gasteiger partial charge in [-0.3, -0.25) is 9.10 Å². The van der Waals surface area contributed by atoms with Crippen LogP contribution >= 0.6 is 0 Å². The molecular formula is C26H24F5NO5S. The standard InChI is InChI=1S/C24H18F5NO5S.C2H6/c25-16-5-7-20(26)19(12-16)14-4-8-22-21(10-14)30(13-17(35-22)6-9-23(31)32)36(33,34)18-3-1-2-15(11-18)24(27,28)29;1-2/h1-5,7-8,10-12,17H,6,9,13H2,(H,31,32);1-2H3. The molecule has 0 bridgehead atoms. The Balaban J connectivity index is 0.00000195. The van der Waals surface area contributed by atoms with Crippen molar-refractivity contribution >= 4 is 21.7 Å². The van der Waals surface area contributed by atoms with Crippen molar-refractivity contribution in [3.63, 3.8) is 0 Å². The number of carbonyl (C=O) groups is 1. The van der Waals surface area contributed by atoms with Gasteiger partial charge in [0.1, 0.15) is 23.5 Å². The Labute approximate surface area is 216 Å². The molecule has 0 saturated carbocycles. The first-order valence-corrected chi connectivity index (χ1v) is 13.0. The Bertz CT molecular complexity index is 1430. The van der Waals surface area contributed by atoms with Crippen LogP contribution in [0.15, 0.2) is 65.6 Å². The zero-order chi connectivity index (χ0) is 28.3. The molecule has 3 aromatic rings. The monoisotopic (exact) mass is 557 g/mol. The van der Waals surface area contributed by atoms with Crippen LogP contribution < -0.4 is 9.04 Å². The van der Waals surface area contributed by atoms with Crippen LogP contribution in [-0.4, -0.2) is 32.1 Å². The minimum atomic E-state index is -4.79. The molecule has 0 saturated heterocycles. The number of sulfonamides is 1. The predicted octanol–water partition coefficient (Wildman–Crippen LogP) is 6.50. The molecule has 12 heteroatoms. The van der Waals surface area contributed by atoms with E-state index < -0.39 is 56.9 Å². The maximum absolute atomic E-state index is 14.4. The second-order valence-corrected chi connectivity index (χ2v) is 9.90. The first kappa shape index (κ1) is 28.9. The van der Waals surface area contributed by atoms with Gasteiger partial charge in [0.25, 0.3) is 10.0 Å². The molecule has 1 aliphatic heterocycles. The summed E-state index contributed by atoms with van der Waals surface area (Å²) < 4.78 is 101. The van der Waals surface area contributed by atoms with E-state index in [1.54, 1.807) is 0 Å². The summed E-state index contributed by atoms with van der Waals surface area (Å²) in [5.41, 5.74) is -1.35. The van der Waals surface area contributed by atoms with Crippen molar-refractivity contribution < 1.29 is 45.0 Å². The average molecular weight is 558 g/mol. The van der Waals surface area contributed by atoms with Gasteiger partial charge in [0, 0.05) is 12.0 Å². The number of anilines is 1. The second-order valence-electron chi connectivity index (χ2n) is 8.04. The van der Waals surface area contributed by atoms with Gasteiger partial charge in [0.2, 0.25) is 0 Å². The number of ether oxygens (including phenoxy) is 1. The van der Waals surface area contributed by atoms with Crippen LogP contribution in [0.2, 0.25) is 0 Å². The van der Waals surface area contributed by atoms with Crippen molar-refractivity contribution in [3.05, 3.63) is 77.9 Å². The molecule has 0 aromatic heterocycles. The molecule has 0 amide bonds. The average Bonchev–Trinajstić information content (AvgIpc) is 2.88. The van der Waals surface area contributed by atoms with Gasteiger partial charge in [-0.15, -0.1) is 0 Å². The van der Waals surface area contributed by atoms with Crippen LogP contribution in [0.5, 0.6) is 5.75 Å². The molecule has 0 spiro atoms. The van der Waals surface area contributed by atoms with Gasteiger partial charge >= 0.3 is 12.1 Å². The van der Waals surface area contributed by atoms with E-state index >= 15 is 0 Å². The molecule has 1 N–H and O–H groups in total. The Morgan fingerprint density at radius 3 is 2.42 bits per heavy atom. The molecule has 0 fully saturated rings. The number of carboxylic acid groups (broad SMARTS) is 1. The van der Waals surface area contributed by atoms with Crippen LogP contribution in [-0.2, 0) is 21.0 Å². The molecule has 1 atom stereocenters. The molecule has 1 heterocycles. The highest BCUT2D eigenvalue weighted by Gasteiger charge is 2.37. The van der Waals surface area contributed by atoms with E-state index in [0.717, 1.165) is 40.7 Å². The summed E-state index contributed by atoms with van der Waals surface area (Å²) in [4.78, 5) is 10.4. The summed E-state index contributed by atoms with van der Waals surface area (Å²) in [5, 5.41) is 9.00. The molecule has 3 aromatic carbocycles. The number of hydrogen-bond acceptors (Lipinski definition) is 4. The Kier molecular flexibility index (Phi) is 8.65. The molecule has 1 unspecified atom stereocenters. The fourth-order valence-corrected chi connectivity index (χ4v) is 5.37. The minimum absolute atomic E-state index is 0.00671. The Hall–Kier alpha value is -3.67. The maximum atomic E-state index is 14.4. The smallest absolute Gasteiger partial charge is 0.416 e. The van der Waals surface area contributed by atoms with E-state index in [-0.39, 0.29) is 35.4 Å². The van der Waals surface area contributed by atoms with Gasteiger partial charge in [-0.1, -0.05) is 26.0 Å². The van der Waals surface area contributed by atoms with Crippen molar-refractivity contribution in [2.75, 3.05) is 10.8 Å². The van der Waals surface area contributed by atoms with Crippen LogP contribution in [0, 0.1) is 11.6 Å². The minimum Gasteiger partial charge on any atom is -0.486 e. The summed E-state index contributed by atoms with van der Waals surface area (Å²) in [5.74, 6) is -2.66.